The molecular weight excluding hydrogens is 298 g/mol. The molecule has 7 heteroatoms. The van der Waals surface area contributed by atoms with Crippen LogP contribution < -0.4 is 11.1 Å². The van der Waals surface area contributed by atoms with Gasteiger partial charge in [-0.1, -0.05) is 35.5 Å². The van der Waals surface area contributed by atoms with Gasteiger partial charge in [0, 0.05) is 17.6 Å². The average Bonchev–Trinajstić information content (AvgIpc) is 2.40. The molecule has 0 aliphatic carbocycles. The number of nitrogens with zero attached hydrogens (tertiary/aromatic N) is 1. The normalized spacial score (nSPS) is 10.2. The number of carboxylic acid groups (broad SMARTS) is 1. The highest BCUT2D eigenvalue weighted by Crippen LogP contribution is 2.30. The number of nitrogens with two attached hydrogens (primary N) is 1. The molecule has 0 unspecified atom stereocenters. The van der Waals surface area contributed by atoms with Crippen LogP contribution in [0.2, 0.25) is 5.02 Å². The van der Waals surface area contributed by atoms with Crippen LogP contribution in [0.1, 0.15) is 5.56 Å². The van der Waals surface area contributed by atoms with Crippen molar-refractivity contribution in [3.63, 3.8) is 0 Å². The lowest BCUT2D eigenvalue weighted by molar-refractivity contribution is 0.210. The molecule has 0 bridgehead atoms. The predicted octanol–water partition coefficient (Wildman–Crippen LogP) is 3.70. The van der Waals surface area contributed by atoms with Crippen molar-refractivity contribution in [1.82, 2.24) is 4.98 Å². The summed E-state index contributed by atoms with van der Waals surface area (Å²) in [5.41, 5.74) is 7.79. The maximum atomic E-state index is 10.6. The van der Waals surface area contributed by atoms with E-state index < -0.39 is 6.09 Å². The Hall–Kier alpha value is -1.92. The van der Waals surface area contributed by atoms with Gasteiger partial charge in [0.25, 0.3) is 0 Å². The summed E-state index contributed by atoms with van der Waals surface area (Å²) < 4.78 is 0. The highest BCUT2D eigenvalue weighted by Gasteiger charge is 2.06. The van der Waals surface area contributed by atoms with Crippen molar-refractivity contribution in [1.29, 1.82) is 0 Å². The number of hydrogen-bond acceptors (Lipinski definition) is 4. The van der Waals surface area contributed by atoms with E-state index in [0.717, 1.165) is 5.56 Å². The van der Waals surface area contributed by atoms with Gasteiger partial charge in [-0.3, -0.25) is 5.32 Å². The standard InChI is InChI=1S/C13H12ClN3O2S/c14-10-4-5-16-12(11(10)15)20-7-8-2-1-3-9(6-8)17-13(18)19/h1-6,17H,7,15H2,(H,18,19). The third-order valence-corrected chi connectivity index (χ3v) is 3.86. The van der Waals surface area contributed by atoms with Crippen molar-refractivity contribution >= 4 is 40.8 Å². The number of rotatable bonds is 4. The van der Waals surface area contributed by atoms with Gasteiger partial charge in [-0.2, -0.15) is 0 Å². The molecule has 2 aromatic rings. The number of nitrogens with one attached hydrogen (secondary N) is 1. The highest BCUT2D eigenvalue weighted by atomic mass is 35.5. The topological polar surface area (TPSA) is 88.2 Å². The number of aromatic nitrogens is 1. The number of carbonyl (C=O) groups is 1. The van der Waals surface area contributed by atoms with Crippen molar-refractivity contribution in [3.05, 3.63) is 47.1 Å². The summed E-state index contributed by atoms with van der Waals surface area (Å²) in [5, 5.41) is 12.1. The van der Waals surface area contributed by atoms with E-state index in [9.17, 15) is 4.79 Å². The predicted molar refractivity (Wildman–Crippen MR) is 81.3 cm³/mol. The molecule has 0 aliphatic heterocycles. The van der Waals surface area contributed by atoms with Gasteiger partial charge in [0.2, 0.25) is 0 Å². The molecule has 1 aromatic heterocycles. The number of halogens is 1. The maximum absolute atomic E-state index is 10.6. The molecule has 4 N–H and O–H groups in total. The Kier molecular flexibility index (Phi) is 4.70. The van der Waals surface area contributed by atoms with Gasteiger partial charge in [-0.25, -0.2) is 9.78 Å². The van der Waals surface area contributed by atoms with E-state index in [1.807, 2.05) is 6.07 Å². The molecule has 2 rings (SSSR count). The van der Waals surface area contributed by atoms with E-state index in [4.69, 9.17) is 22.4 Å². The Morgan fingerprint density at radius 3 is 3.00 bits per heavy atom. The van der Waals surface area contributed by atoms with Crippen molar-refractivity contribution in [2.75, 3.05) is 11.1 Å². The van der Waals surface area contributed by atoms with Crippen molar-refractivity contribution in [2.45, 2.75) is 10.8 Å². The molecule has 0 fully saturated rings. The number of benzene rings is 1. The Labute approximate surface area is 125 Å². The van der Waals surface area contributed by atoms with Gasteiger partial charge in [0.1, 0.15) is 5.03 Å². The van der Waals surface area contributed by atoms with E-state index >= 15 is 0 Å². The zero-order chi connectivity index (χ0) is 14.5. The molecule has 20 heavy (non-hydrogen) atoms. The van der Waals surface area contributed by atoms with Gasteiger partial charge < -0.3 is 10.8 Å². The zero-order valence-electron chi connectivity index (χ0n) is 10.3. The molecule has 0 radical (unpaired) electrons. The van der Waals surface area contributed by atoms with Gasteiger partial charge >= 0.3 is 6.09 Å². The first-order valence-electron chi connectivity index (χ1n) is 5.68. The fourth-order valence-electron chi connectivity index (χ4n) is 1.56. The van der Waals surface area contributed by atoms with Crippen molar-refractivity contribution in [3.8, 4) is 0 Å². The second-order valence-corrected chi connectivity index (χ2v) is 5.30. The Morgan fingerprint density at radius 1 is 1.45 bits per heavy atom. The number of thioether (sulfide) groups is 1. The summed E-state index contributed by atoms with van der Waals surface area (Å²) in [6, 6.07) is 8.78. The van der Waals surface area contributed by atoms with Crippen molar-refractivity contribution < 1.29 is 9.90 Å². The minimum atomic E-state index is -1.09. The van der Waals surface area contributed by atoms with Crippen LogP contribution in [0.4, 0.5) is 16.2 Å². The van der Waals surface area contributed by atoms with Crippen LogP contribution in [-0.2, 0) is 5.75 Å². The number of hydrogen-bond donors (Lipinski definition) is 3. The SMILES string of the molecule is Nc1c(Cl)ccnc1SCc1cccc(NC(=O)O)c1. The fraction of sp³-hybridized carbons (Fsp3) is 0.0769. The smallest absolute Gasteiger partial charge is 0.409 e. The number of amides is 1. The molecule has 0 aliphatic rings. The van der Waals surface area contributed by atoms with Gasteiger partial charge in [0.15, 0.2) is 0 Å². The number of anilines is 2. The summed E-state index contributed by atoms with van der Waals surface area (Å²) in [6.45, 7) is 0. The zero-order valence-corrected chi connectivity index (χ0v) is 11.9. The first-order valence-corrected chi connectivity index (χ1v) is 7.04. The van der Waals surface area contributed by atoms with Gasteiger partial charge in [-0.05, 0) is 23.8 Å². The minimum absolute atomic E-state index is 0.457. The molecule has 1 heterocycles. The average molecular weight is 310 g/mol. The Balaban J connectivity index is 2.07. The maximum Gasteiger partial charge on any atom is 0.409 e. The lowest BCUT2D eigenvalue weighted by Gasteiger charge is -2.07. The molecule has 0 saturated heterocycles. The Morgan fingerprint density at radius 2 is 2.25 bits per heavy atom. The molecule has 1 aromatic carbocycles. The lowest BCUT2D eigenvalue weighted by atomic mass is 10.2. The first kappa shape index (κ1) is 14.5. The molecule has 0 spiro atoms. The quantitative estimate of drug-likeness (QED) is 0.749. The second kappa shape index (κ2) is 6.49. The molecular formula is C13H12ClN3O2S. The molecule has 104 valence electrons. The third-order valence-electron chi connectivity index (χ3n) is 2.45. The van der Waals surface area contributed by atoms with E-state index in [-0.39, 0.29) is 0 Å². The summed E-state index contributed by atoms with van der Waals surface area (Å²) in [7, 11) is 0. The van der Waals surface area contributed by atoms with Crippen LogP contribution in [0.3, 0.4) is 0 Å². The summed E-state index contributed by atoms with van der Waals surface area (Å²) in [4.78, 5) is 14.8. The van der Waals surface area contributed by atoms with Crippen LogP contribution in [0.5, 0.6) is 0 Å². The summed E-state index contributed by atoms with van der Waals surface area (Å²) in [6.07, 6.45) is 0.513. The monoisotopic (exact) mass is 309 g/mol. The summed E-state index contributed by atoms with van der Waals surface area (Å²) >= 11 is 7.37. The van der Waals surface area contributed by atoms with Gasteiger partial charge in [0.05, 0.1) is 10.7 Å². The van der Waals surface area contributed by atoms with E-state index in [1.54, 1.807) is 30.5 Å². The van der Waals surface area contributed by atoms with E-state index in [1.165, 1.54) is 11.8 Å². The van der Waals surface area contributed by atoms with Crippen LogP contribution in [0, 0.1) is 0 Å². The highest BCUT2D eigenvalue weighted by molar-refractivity contribution is 7.98. The van der Waals surface area contributed by atoms with Crippen LogP contribution >= 0.6 is 23.4 Å². The fourth-order valence-corrected chi connectivity index (χ4v) is 2.65. The minimum Gasteiger partial charge on any atom is -0.465 e. The second-order valence-electron chi connectivity index (χ2n) is 3.93. The van der Waals surface area contributed by atoms with E-state index in [2.05, 4.69) is 10.3 Å². The number of pyridine rings is 1. The lowest BCUT2D eigenvalue weighted by Crippen LogP contribution is -2.07. The molecule has 0 saturated carbocycles. The van der Waals surface area contributed by atoms with E-state index in [0.29, 0.717) is 27.2 Å². The number of nitrogen functional groups attached to an aromatic ring is 1. The molecule has 0 atom stereocenters. The van der Waals surface area contributed by atoms with Gasteiger partial charge in [-0.15, -0.1) is 0 Å². The first-order chi connectivity index (χ1) is 9.56. The summed E-state index contributed by atoms with van der Waals surface area (Å²) in [5.74, 6) is 0.618. The van der Waals surface area contributed by atoms with Crippen LogP contribution in [0.25, 0.3) is 0 Å². The van der Waals surface area contributed by atoms with Crippen LogP contribution in [0.15, 0.2) is 41.6 Å². The van der Waals surface area contributed by atoms with Crippen molar-refractivity contribution in [2.24, 2.45) is 0 Å². The third kappa shape index (κ3) is 3.79. The Bertz CT molecular complexity index is 637. The van der Waals surface area contributed by atoms with Crippen LogP contribution in [-0.4, -0.2) is 16.2 Å². The largest absolute Gasteiger partial charge is 0.465 e. The molecule has 1 amide bonds. The molecule has 5 nitrogen and oxygen atoms in total.